The Hall–Kier alpha value is -1.91. The van der Waals surface area contributed by atoms with Gasteiger partial charge in [0, 0.05) is 13.6 Å². The Morgan fingerprint density at radius 1 is 1.12 bits per heavy atom. The number of nitrogens with one attached hydrogen (secondary N) is 2. The largest absolute Gasteiger partial charge is 0.281 e. The van der Waals surface area contributed by atoms with E-state index in [0.29, 0.717) is 17.1 Å². The number of nitrogens with zero attached hydrogens (tertiary/aromatic N) is 2. The maximum Gasteiger partial charge on any atom is 0.244 e. The number of sulfonamides is 2. The molecule has 8 nitrogen and oxygen atoms in total. The van der Waals surface area contributed by atoms with Crippen molar-refractivity contribution in [1.29, 1.82) is 0 Å². The smallest absolute Gasteiger partial charge is 0.244 e. The number of aromatic nitrogens is 2. The first-order valence-corrected chi connectivity index (χ1v) is 10.3. The Balaban J connectivity index is 2.06. The van der Waals surface area contributed by atoms with Gasteiger partial charge in [-0.2, -0.15) is 5.10 Å². The van der Waals surface area contributed by atoms with E-state index in [0.717, 1.165) is 4.31 Å². The number of anilines is 1. The third-order valence-electron chi connectivity index (χ3n) is 3.52. The third-order valence-corrected chi connectivity index (χ3v) is 7.01. The van der Waals surface area contributed by atoms with Crippen molar-refractivity contribution in [3.63, 3.8) is 0 Å². The molecular formula is C14H20N4O4S2. The van der Waals surface area contributed by atoms with Gasteiger partial charge in [0.2, 0.25) is 20.0 Å². The fourth-order valence-electron chi connectivity index (χ4n) is 2.25. The minimum atomic E-state index is -3.82. The maximum absolute atomic E-state index is 12.3. The van der Waals surface area contributed by atoms with E-state index >= 15 is 0 Å². The highest BCUT2D eigenvalue weighted by Gasteiger charge is 2.24. The van der Waals surface area contributed by atoms with Crippen LogP contribution in [0.2, 0.25) is 0 Å². The Labute approximate surface area is 142 Å². The van der Waals surface area contributed by atoms with Crippen molar-refractivity contribution < 1.29 is 16.8 Å². The molecule has 1 aromatic heterocycles. The van der Waals surface area contributed by atoms with Gasteiger partial charge in [-0.25, -0.2) is 21.6 Å². The van der Waals surface area contributed by atoms with Crippen molar-refractivity contribution in [2.45, 2.75) is 18.7 Å². The van der Waals surface area contributed by atoms with Crippen LogP contribution in [0.15, 0.2) is 35.2 Å². The summed E-state index contributed by atoms with van der Waals surface area (Å²) in [5.74, 6) is -0.354. The summed E-state index contributed by atoms with van der Waals surface area (Å²) in [7, 11) is -6.03. The highest BCUT2D eigenvalue weighted by Crippen LogP contribution is 2.17. The molecule has 0 saturated carbocycles. The number of para-hydroxylation sites is 1. The van der Waals surface area contributed by atoms with Crippen molar-refractivity contribution in [3.05, 3.63) is 41.7 Å². The van der Waals surface area contributed by atoms with E-state index in [9.17, 15) is 16.8 Å². The molecule has 0 fully saturated rings. The standard InChI is InChI=1S/C14H20N4O4S2/c1-11-14(12(2)17-16-11)24(21,22)15-9-10-23(19,20)18(3)13-7-5-4-6-8-13/h4-8,15H,9-10H2,1-3H3,(H,16,17). The van der Waals surface area contributed by atoms with Crippen molar-refractivity contribution in [2.75, 3.05) is 23.7 Å². The van der Waals surface area contributed by atoms with Crippen LogP contribution in [0, 0.1) is 13.8 Å². The van der Waals surface area contributed by atoms with Gasteiger partial charge in [-0.05, 0) is 26.0 Å². The van der Waals surface area contributed by atoms with Gasteiger partial charge in [0.05, 0.1) is 22.8 Å². The van der Waals surface area contributed by atoms with E-state index in [1.54, 1.807) is 44.2 Å². The number of hydrogen-bond acceptors (Lipinski definition) is 5. The van der Waals surface area contributed by atoms with Crippen molar-refractivity contribution in [2.24, 2.45) is 0 Å². The van der Waals surface area contributed by atoms with E-state index in [1.165, 1.54) is 7.05 Å². The second-order valence-corrected chi connectivity index (χ2v) is 9.10. The molecule has 0 aliphatic rings. The summed E-state index contributed by atoms with van der Waals surface area (Å²) in [6.45, 7) is 2.93. The Morgan fingerprint density at radius 3 is 2.29 bits per heavy atom. The molecule has 0 spiro atoms. The van der Waals surface area contributed by atoms with Crippen LogP contribution in [0.3, 0.4) is 0 Å². The van der Waals surface area contributed by atoms with Crippen LogP contribution >= 0.6 is 0 Å². The molecule has 0 aliphatic carbocycles. The van der Waals surface area contributed by atoms with Gasteiger partial charge in [-0.3, -0.25) is 9.40 Å². The molecule has 1 heterocycles. The zero-order chi connectivity index (χ0) is 18.0. The van der Waals surface area contributed by atoms with Crippen LogP contribution in [0.1, 0.15) is 11.4 Å². The fourth-order valence-corrected chi connectivity index (χ4v) is 4.85. The molecule has 0 saturated heterocycles. The lowest BCUT2D eigenvalue weighted by Crippen LogP contribution is -2.35. The van der Waals surface area contributed by atoms with Crippen molar-refractivity contribution in [3.8, 4) is 0 Å². The Bertz CT molecular complexity index is 886. The summed E-state index contributed by atoms with van der Waals surface area (Å²) in [6, 6.07) is 8.58. The van der Waals surface area contributed by atoms with E-state index in [-0.39, 0.29) is 17.2 Å². The maximum atomic E-state index is 12.3. The van der Waals surface area contributed by atoms with Crippen LogP contribution in [0.25, 0.3) is 0 Å². The first-order valence-electron chi connectivity index (χ1n) is 7.18. The zero-order valence-electron chi connectivity index (χ0n) is 13.6. The molecule has 2 N–H and O–H groups in total. The molecule has 0 amide bonds. The lowest BCUT2D eigenvalue weighted by molar-refractivity contribution is 0.579. The van der Waals surface area contributed by atoms with E-state index in [2.05, 4.69) is 14.9 Å². The summed E-state index contributed by atoms with van der Waals surface area (Å²) in [4.78, 5) is 0.0521. The second kappa shape index (κ2) is 6.91. The molecule has 0 radical (unpaired) electrons. The summed E-state index contributed by atoms with van der Waals surface area (Å²) < 4.78 is 52.6. The lowest BCUT2D eigenvalue weighted by atomic mass is 10.3. The number of aryl methyl sites for hydroxylation is 2. The van der Waals surface area contributed by atoms with E-state index in [1.807, 2.05) is 0 Å². The summed E-state index contributed by atoms with van der Waals surface area (Å²) in [5.41, 5.74) is 1.26. The van der Waals surface area contributed by atoms with Crippen LogP contribution in [-0.4, -0.2) is 46.4 Å². The predicted octanol–water partition coefficient (Wildman–Crippen LogP) is 0.771. The minimum absolute atomic E-state index is 0.0521. The van der Waals surface area contributed by atoms with Gasteiger partial charge in [0.1, 0.15) is 4.90 Å². The number of aromatic amines is 1. The van der Waals surface area contributed by atoms with Gasteiger partial charge < -0.3 is 0 Å². The van der Waals surface area contributed by atoms with Crippen molar-refractivity contribution in [1.82, 2.24) is 14.9 Å². The third kappa shape index (κ3) is 3.94. The predicted molar refractivity (Wildman–Crippen MR) is 91.9 cm³/mol. The SMILES string of the molecule is Cc1n[nH]c(C)c1S(=O)(=O)NCCS(=O)(=O)N(C)c1ccccc1. The van der Waals surface area contributed by atoms with Crippen LogP contribution < -0.4 is 9.03 Å². The Kier molecular flexibility index (Phi) is 5.31. The van der Waals surface area contributed by atoms with Gasteiger partial charge in [0.15, 0.2) is 0 Å². The highest BCUT2D eigenvalue weighted by atomic mass is 32.2. The average Bonchev–Trinajstić information content (AvgIpc) is 2.86. The quantitative estimate of drug-likeness (QED) is 0.745. The highest BCUT2D eigenvalue weighted by molar-refractivity contribution is 7.93. The van der Waals surface area contributed by atoms with Crippen LogP contribution in [-0.2, 0) is 20.0 Å². The van der Waals surface area contributed by atoms with Gasteiger partial charge in [-0.1, -0.05) is 18.2 Å². The molecule has 2 aromatic rings. The minimum Gasteiger partial charge on any atom is -0.281 e. The van der Waals surface area contributed by atoms with E-state index < -0.39 is 20.0 Å². The summed E-state index contributed by atoms with van der Waals surface area (Å²) >= 11 is 0. The number of H-pyrrole nitrogens is 1. The van der Waals surface area contributed by atoms with Crippen LogP contribution in [0.4, 0.5) is 5.69 Å². The second-order valence-electron chi connectivity index (χ2n) is 5.28. The molecule has 2 rings (SSSR count). The zero-order valence-corrected chi connectivity index (χ0v) is 15.3. The number of hydrogen-bond donors (Lipinski definition) is 2. The topological polar surface area (TPSA) is 112 Å². The summed E-state index contributed by atoms with van der Waals surface area (Å²) in [5, 5.41) is 6.43. The van der Waals surface area contributed by atoms with Gasteiger partial charge in [-0.15, -0.1) is 0 Å². The Morgan fingerprint density at radius 2 is 1.75 bits per heavy atom. The lowest BCUT2D eigenvalue weighted by Gasteiger charge is -2.19. The molecule has 1 aromatic carbocycles. The van der Waals surface area contributed by atoms with Crippen molar-refractivity contribution >= 4 is 25.7 Å². The molecule has 0 aliphatic heterocycles. The molecule has 132 valence electrons. The number of rotatable bonds is 7. The summed E-state index contributed by atoms with van der Waals surface area (Å²) in [6.07, 6.45) is 0. The molecular weight excluding hydrogens is 352 g/mol. The molecule has 24 heavy (non-hydrogen) atoms. The normalized spacial score (nSPS) is 12.3. The molecule has 10 heteroatoms. The first-order chi connectivity index (χ1) is 11.1. The molecule has 0 bridgehead atoms. The van der Waals surface area contributed by atoms with Gasteiger partial charge in [0.25, 0.3) is 0 Å². The fraction of sp³-hybridized carbons (Fsp3) is 0.357. The molecule has 0 unspecified atom stereocenters. The first kappa shape index (κ1) is 18.4. The van der Waals surface area contributed by atoms with Crippen LogP contribution in [0.5, 0.6) is 0 Å². The monoisotopic (exact) mass is 372 g/mol. The number of benzene rings is 1. The molecule has 0 atom stereocenters. The average molecular weight is 372 g/mol. The van der Waals surface area contributed by atoms with Gasteiger partial charge >= 0.3 is 0 Å². The van der Waals surface area contributed by atoms with E-state index in [4.69, 9.17) is 0 Å².